The zero-order chi connectivity index (χ0) is 7.49. The van der Waals surface area contributed by atoms with E-state index in [1.807, 2.05) is 0 Å². The number of ether oxygens (including phenoxy) is 1. The minimum Gasteiger partial charge on any atom is -0.467 e. The van der Waals surface area contributed by atoms with E-state index in [0.29, 0.717) is 0 Å². The van der Waals surface area contributed by atoms with Crippen molar-refractivity contribution in [2.24, 2.45) is 0 Å². The molecule has 5 heteroatoms. The SMILES string of the molecule is COC(=O)[C@](Cl)(Br)CCl. The van der Waals surface area contributed by atoms with Crippen molar-refractivity contribution in [3.63, 3.8) is 0 Å². The Kier molecular flexibility index (Phi) is 3.85. The second-order valence-electron chi connectivity index (χ2n) is 1.33. The van der Waals surface area contributed by atoms with Crippen molar-refractivity contribution in [1.82, 2.24) is 0 Å². The van der Waals surface area contributed by atoms with Gasteiger partial charge in [0.15, 0.2) is 0 Å². The lowest BCUT2D eigenvalue weighted by molar-refractivity contribution is -0.140. The smallest absolute Gasteiger partial charge is 0.339 e. The Labute approximate surface area is 71.6 Å². The van der Waals surface area contributed by atoms with Crippen LogP contribution in [0.3, 0.4) is 0 Å². The average molecular weight is 236 g/mol. The van der Waals surface area contributed by atoms with Crippen LogP contribution in [0, 0.1) is 0 Å². The predicted molar refractivity (Wildman–Crippen MR) is 40.2 cm³/mol. The van der Waals surface area contributed by atoms with Gasteiger partial charge in [-0.1, -0.05) is 27.5 Å². The minimum absolute atomic E-state index is 0.0266. The number of carbonyl (C=O) groups excluding carboxylic acids is 1. The highest BCUT2D eigenvalue weighted by Crippen LogP contribution is 2.26. The lowest BCUT2D eigenvalue weighted by atomic mass is 10.5. The first kappa shape index (κ1) is 9.53. The number of hydrogen-bond acceptors (Lipinski definition) is 2. The molecule has 0 aromatic rings. The molecule has 0 fully saturated rings. The number of methoxy groups -OCH3 is 1. The number of carbonyl (C=O) groups is 1. The Morgan fingerprint density at radius 2 is 2.33 bits per heavy atom. The van der Waals surface area contributed by atoms with Gasteiger partial charge in [-0.05, 0) is 0 Å². The van der Waals surface area contributed by atoms with Crippen LogP contribution in [0.25, 0.3) is 0 Å². The molecule has 0 unspecified atom stereocenters. The normalized spacial score (nSPS) is 16.4. The summed E-state index contributed by atoms with van der Waals surface area (Å²) in [5.41, 5.74) is 0. The zero-order valence-corrected chi connectivity index (χ0v) is 7.76. The zero-order valence-electron chi connectivity index (χ0n) is 4.66. The molecule has 0 spiro atoms. The van der Waals surface area contributed by atoms with Gasteiger partial charge in [-0.15, -0.1) is 11.6 Å². The molecule has 0 bridgehead atoms. The number of rotatable bonds is 2. The molecular formula is C4H5BrCl2O2. The third-order valence-corrected chi connectivity index (χ3v) is 2.40. The summed E-state index contributed by atoms with van der Waals surface area (Å²) in [5, 5.41) is 0. The van der Waals surface area contributed by atoms with Gasteiger partial charge in [0.2, 0.25) is 3.78 Å². The van der Waals surface area contributed by atoms with Crippen molar-refractivity contribution >= 4 is 45.1 Å². The molecule has 0 amide bonds. The molecule has 0 aromatic carbocycles. The summed E-state index contributed by atoms with van der Waals surface area (Å²) < 4.78 is 3.04. The van der Waals surface area contributed by atoms with Crippen LogP contribution in [-0.2, 0) is 9.53 Å². The number of hydrogen-bond donors (Lipinski definition) is 0. The molecule has 0 aliphatic heterocycles. The van der Waals surface area contributed by atoms with E-state index in [4.69, 9.17) is 23.2 Å². The highest BCUT2D eigenvalue weighted by Gasteiger charge is 2.32. The molecule has 1 atom stereocenters. The maximum Gasteiger partial charge on any atom is 0.339 e. The third kappa shape index (κ3) is 2.74. The molecule has 0 radical (unpaired) electrons. The van der Waals surface area contributed by atoms with Crippen molar-refractivity contribution in [3.05, 3.63) is 0 Å². The van der Waals surface area contributed by atoms with Crippen LogP contribution in [0.1, 0.15) is 0 Å². The van der Waals surface area contributed by atoms with Crippen LogP contribution >= 0.6 is 39.1 Å². The minimum atomic E-state index is -1.26. The lowest BCUT2D eigenvalue weighted by Crippen LogP contribution is -2.28. The van der Waals surface area contributed by atoms with E-state index in [0.717, 1.165) is 0 Å². The summed E-state index contributed by atoms with van der Waals surface area (Å²) in [6.45, 7) is 0. The van der Waals surface area contributed by atoms with Crippen LogP contribution in [0.5, 0.6) is 0 Å². The number of alkyl halides is 3. The Morgan fingerprint density at radius 3 is 2.44 bits per heavy atom. The van der Waals surface area contributed by atoms with Gasteiger partial charge >= 0.3 is 5.97 Å². The summed E-state index contributed by atoms with van der Waals surface area (Å²) in [4.78, 5) is 10.6. The first-order valence-electron chi connectivity index (χ1n) is 2.07. The Morgan fingerprint density at radius 1 is 1.89 bits per heavy atom. The van der Waals surface area contributed by atoms with Gasteiger partial charge in [-0.2, -0.15) is 0 Å². The van der Waals surface area contributed by atoms with Crippen LogP contribution in [0.15, 0.2) is 0 Å². The van der Waals surface area contributed by atoms with E-state index >= 15 is 0 Å². The summed E-state index contributed by atoms with van der Waals surface area (Å²) >= 11 is 13.6. The van der Waals surface area contributed by atoms with E-state index < -0.39 is 9.75 Å². The first-order chi connectivity index (χ1) is 4.04. The highest BCUT2D eigenvalue weighted by molar-refractivity contribution is 9.10. The maximum atomic E-state index is 10.6. The Hall–Kier alpha value is 0.530. The second kappa shape index (κ2) is 3.64. The van der Waals surface area contributed by atoms with Crippen molar-refractivity contribution in [3.8, 4) is 0 Å². The van der Waals surface area contributed by atoms with E-state index in [2.05, 4.69) is 20.7 Å². The van der Waals surface area contributed by atoms with Gasteiger partial charge in [0.25, 0.3) is 0 Å². The van der Waals surface area contributed by atoms with Gasteiger partial charge in [0.05, 0.1) is 13.0 Å². The maximum absolute atomic E-state index is 10.6. The molecule has 0 saturated carbocycles. The van der Waals surface area contributed by atoms with Crippen LogP contribution < -0.4 is 0 Å². The molecule has 0 N–H and O–H groups in total. The van der Waals surface area contributed by atoms with E-state index in [1.165, 1.54) is 7.11 Å². The standard InChI is InChI=1S/C4H5BrCl2O2/c1-9-3(8)4(5,7)2-6/h2H2,1H3/t4-/m0/s1. The summed E-state index contributed by atoms with van der Waals surface area (Å²) in [6, 6.07) is 0. The summed E-state index contributed by atoms with van der Waals surface area (Å²) in [6.07, 6.45) is 0. The molecule has 0 saturated heterocycles. The monoisotopic (exact) mass is 234 g/mol. The molecule has 0 aliphatic rings. The molecule has 0 aliphatic carbocycles. The fourth-order valence-electron chi connectivity index (χ4n) is 0.204. The van der Waals surface area contributed by atoms with Crippen molar-refractivity contribution < 1.29 is 9.53 Å². The summed E-state index contributed by atoms with van der Waals surface area (Å²) in [7, 11) is 1.24. The quantitative estimate of drug-likeness (QED) is 0.539. The third-order valence-electron chi connectivity index (χ3n) is 0.652. The number of esters is 1. The van der Waals surface area contributed by atoms with Gasteiger partial charge in [-0.3, -0.25) is 0 Å². The molecule has 0 heterocycles. The van der Waals surface area contributed by atoms with Crippen LogP contribution in [-0.4, -0.2) is 22.7 Å². The molecule has 2 nitrogen and oxygen atoms in total. The predicted octanol–water partition coefficient (Wildman–Crippen LogP) is 1.73. The lowest BCUT2D eigenvalue weighted by Gasteiger charge is -2.11. The molecule has 54 valence electrons. The number of halogens is 3. The van der Waals surface area contributed by atoms with Crippen molar-refractivity contribution in [2.75, 3.05) is 13.0 Å². The Bertz CT molecular complexity index is 115. The van der Waals surface area contributed by atoms with E-state index in [9.17, 15) is 4.79 Å². The van der Waals surface area contributed by atoms with E-state index in [1.54, 1.807) is 0 Å². The van der Waals surface area contributed by atoms with Crippen LogP contribution in [0.4, 0.5) is 0 Å². The van der Waals surface area contributed by atoms with Crippen molar-refractivity contribution in [1.29, 1.82) is 0 Å². The first-order valence-corrected chi connectivity index (χ1v) is 3.77. The van der Waals surface area contributed by atoms with Crippen LogP contribution in [0.2, 0.25) is 0 Å². The van der Waals surface area contributed by atoms with Gasteiger partial charge in [0.1, 0.15) is 0 Å². The Balaban J connectivity index is 3.97. The van der Waals surface area contributed by atoms with Gasteiger partial charge in [0, 0.05) is 0 Å². The van der Waals surface area contributed by atoms with Crippen molar-refractivity contribution in [2.45, 2.75) is 3.78 Å². The van der Waals surface area contributed by atoms with E-state index in [-0.39, 0.29) is 5.88 Å². The highest BCUT2D eigenvalue weighted by atomic mass is 79.9. The largest absolute Gasteiger partial charge is 0.467 e. The molecule has 9 heavy (non-hydrogen) atoms. The van der Waals surface area contributed by atoms with Gasteiger partial charge < -0.3 is 4.74 Å². The second-order valence-corrected chi connectivity index (χ2v) is 4.05. The molecular weight excluding hydrogens is 231 g/mol. The fraction of sp³-hybridized carbons (Fsp3) is 0.750. The average Bonchev–Trinajstić information content (AvgIpc) is 1.86. The fourth-order valence-corrected chi connectivity index (χ4v) is 0.552. The molecule has 0 aromatic heterocycles. The molecule has 0 rings (SSSR count). The summed E-state index contributed by atoms with van der Waals surface area (Å²) in [5.74, 6) is -0.611. The topological polar surface area (TPSA) is 26.3 Å². The van der Waals surface area contributed by atoms with Gasteiger partial charge in [-0.25, -0.2) is 4.79 Å².